The summed E-state index contributed by atoms with van der Waals surface area (Å²) in [4.78, 5) is 23.9. The number of nitrogens with two attached hydrogens (primary N) is 1. The van der Waals surface area contributed by atoms with Crippen LogP contribution in [0, 0.1) is 0 Å². The van der Waals surface area contributed by atoms with E-state index in [1.165, 1.54) is 0 Å². The molecule has 142 valence electrons. The molecule has 0 aromatic heterocycles. The Balaban J connectivity index is 1.66. The molecule has 0 radical (unpaired) electrons. The van der Waals surface area contributed by atoms with Gasteiger partial charge >= 0.3 is 0 Å². The number of rotatable bonds is 7. The SMILES string of the molecule is NC(=O)c1cccc(CNC(=O)c2ccccc2OCc2ccc(Cl)cc2)c1. The summed E-state index contributed by atoms with van der Waals surface area (Å²) in [6.45, 7) is 0.591. The zero-order valence-electron chi connectivity index (χ0n) is 15.0. The largest absolute Gasteiger partial charge is 0.488 e. The Morgan fingerprint density at radius 1 is 0.929 bits per heavy atom. The van der Waals surface area contributed by atoms with Crippen LogP contribution in [0.3, 0.4) is 0 Å². The molecule has 28 heavy (non-hydrogen) atoms. The van der Waals surface area contributed by atoms with Crippen molar-refractivity contribution in [2.75, 3.05) is 0 Å². The van der Waals surface area contributed by atoms with Crippen LogP contribution in [-0.4, -0.2) is 11.8 Å². The highest BCUT2D eigenvalue weighted by Crippen LogP contribution is 2.20. The smallest absolute Gasteiger partial charge is 0.255 e. The number of carbonyl (C=O) groups excluding carboxylic acids is 2. The van der Waals surface area contributed by atoms with Crippen LogP contribution in [0.25, 0.3) is 0 Å². The average Bonchev–Trinajstić information content (AvgIpc) is 2.72. The minimum absolute atomic E-state index is 0.267. The number of primary amides is 1. The van der Waals surface area contributed by atoms with Crippen molar-refractivity contribution in [1.82, 2.24) is 5.32 Å². The van der Waals surface area contributed by atoms with E-state index in [2.05, 4.69) is 5.32 Å². The lowest BCUT2D eigenvalue weighted by atomic mass is 10.1. The highest BCUT2D eigenvalue weighted by molar-refractivity contribution is 6.30. The number of carbonyl (C=O) groups is 2. The molecule has 3 rings (SSSR count). The van der Waals surface area contributed by atoms with Gasteiger partial charge in [-0.1, -0.05) is 48.0 Å². The molecule has 0 aliphatic rings. The van der Waals surface area contributed by atoms with Crippen molar-refractivity contribution in [2.45, 2.75) is 13.2 Å². The van der Waals surface area contributed by atoms with Gasteiger partial charge in [-0.3, -0.25) is 9.59 Å². The van der Waals surface area contributed by atoms with Gasteiger partial charge in [0.25, 0.3) is 5.91 Å². The molecular formula is C22H19ClN2O3. The van der Waals surface area contributed by atoms with Crippen LogP contribution in [0.4, 0.5) is 0 Å². The number of benzene rings is 3. The first-order valence-corrected chi connectivity index (χ1v) is 9.04. The molecule has 0 bridgehead atoms. The van der Waals surface area contributed by atoms with E-state index in [0.29, 0.717) is 28.5 Å². The third-order valence-corrected chi connectivity index (χ3v) is 4.36. The molecule has 0 spiro atoms. The van der Waals surface area contributed by atoms with E-state index >= 15 is 0 Å². The van der Waals surface area contributed by atoms with Gasteiger partial charge in [-0.05, 0) is 47.5 Å². The lowest BCUT2D eigenvalue weighted by molar-refractivity contribution is 0.0945. The van der Waals surface area contributed by atoms with Gasteiger partial charge in [0.2, 0.25) is 5.91 Å². The van der Waals surface area contributed by atoms with Gasteiger partial charge < -0.3 is 15.8 Å². The summed E-state index contributed by atoms with van der Waals surface area (Å²) >= 11 is 5.89. The van der Waals surface area contributed by atoms with Crippen molar-refractivity contribution in [1.29, 1.82) is 0 Å². The number of nitrogens with one attached hydrogen (secondary N) is 1. The maximum Gasteiger partial charge on any atom is 0.255 e. The van der Waals surface area contributed by atoms with E-state index in [1.807, 2.05) is 24.3 Å². The summed E-state index contributed by atoms with van der Waals surface area (Å²) < 4.78 is 5.82. The Kier molecular flexibility index (Phi) is 6.29. The van der Waals surface area contributed by atoms with E-state index in [9.17, 15) is 9.59 Å². The van der Waals surface area contributed by atoms with Gasteiger partial charge in [-0.2, -0.15) is 0 Å². The Bertz CT molecular complexity index is 987. The molecule has 6 heteroatoms. The lowest BCUT2D eigenvalue weighted by Gasteiger charge is -2.12. The van der Waals surface area contributed by atoms with Crippen LogP contribution in [0.5, 0.6) is 5.75 Å². The molecule has 0 aliphatic heterocycles. The highest BCUT2D eigenvalue weighted by atomic mass is 35.5. The highest BCUT2D eigenvalue weighted by Gasteiger charge is 2.12. The Labute approximate surface area is 168 Å². The summed E-state index contributed by atoms with van der Waals surface area (Å²) in [5.74, 6) is -0.286. The van der Waals surface area contributed by atoms with Gasteiger partial charge in [-0.15, -0.1) is 0 Å². The van der Waals surface area contributed by atoms with Gasteiger partial charge in [0.05, 0.1) is 5.56 Å². The molecule has 5 nitrogen and oxygen atoms in total. The summed E-state index contributed by atoms with van der Waals surface area (Å²) in [6, 6.07) is 21.2. The van der Waals surface area contributed by atoms with Crippen LogP contribution < -0.4 is 15.8 Å². The second-order valence-corrected chi connectivity index (χ2v) is 6.60. The maximum atomic E-state index is 12.6. The van der Waals surface area contributed by atoms with Gasteiger partial charge in [0, 0.05) is 17.1 Å². The second-order valence-electron chi connectivity index (χ2n) is 6.16. The van der Waals surface area contributed by atoms with Crippen molar-refractivity contribution >= 4 is 23.4 Å². The van der Waals surface area contributed by atoms with Crippen LogP contribution >= 0.6 is 11.6 Å². The fraction of sp³-hybridized carbons (Fsp3) is 0.0909. The predicted molar refractivity (Wildman–Crippen MR) is 108 cm³/mol. The molecule has 3 aromatic carbocycles. The average molecular weight is 395 g/mol. The second kappa shape index (κ2) is 9.06. The van der Waals surface area contributed by atoms with E-state index in [0.717, 1.165) is 11.1 Å². The van der Waals surface area contributed by atoms with Gasteiger partial charge in [0.15, 0.2) is 0 Å². The Morgan fingerprint density at radius 3 is 2.43 bits per heavy atom. The molecule has 0 unspecified atom stereocenters. The number of hydrogen-bond acceptors (Lipinski definition) is 3. The van der Waals surface area contributed by atoms with E-state index in [4.69, 9.17) is 22.1 Å². The van der Waals surface area contributed by atoms with Gasteiger partial charge in [0.1, 0.15) is 12.4 Å². The number of ether oxygens (including phenoxy) is 1. The van der Waals surface area contributed by atoms with E-state index < -0.39 is 5.91 Å². The molecule has 0 atom stereocenters. The molecule has 0 heterocycles. The van der Waals surface area contributed by atoms with Crippen LogP contribution in [0.15, 0.2) is 72.8 Å². The molecular weight excluding hydrogens is 376 g/mol. The number of amides is 2. The van der Waals surface area contributed by atoms with Crippen LogP contribution in [0.2, 0.25) is 5.02 Å². The van der Waals surface area contributed by atoms with Crippen molar-refractivity contribution < 1.29 is 14.3 Å². The summed E-state index contributed by atoms with van der Waals surface area (Å²) in [6.07, 6.45) is 0. The minimum atomic E-state index is -0.505. The third-order valence-electron chi connectivity index (χ3n) is 4.10. The first-order valence-electron chi connectivity index (χ1n) is 8.66. The number of para-hydroxylation sites is 1. The fourth-order valence-electron chi connectivity index (χ4n) is 2.63. The summed E-state index contributed by atoms with van der Waals surface area (Å²) in [5, 5.41) is 3.50. The Hall–Kier alpha value is -3.31. The van der Waals surface area contributed by atoms with Crippen molar-refractivity contribution in [2.24, 2.45) is 5.73 Å². The van der Waals surface area contributed by atoms with Crippen LogP contribution in [0.1, 0.15) is 31.8 Å². The van der Waals surface area contributed by atoms with Crippen molar-refractivity contribution in [3.8, 4) is 5.75 Å². The molecule has 0 fully saturated rings. The third kappa shape index (κ3) is 5.11. The topological polar surface area (TPSA) is 81.4 Å². The molecule has 3 aromatic rings. The molecule has 0 aliphatic carbocycles. The molecule has 0 saturated carbocycles. The van der Waals surface area contributed by atoms with Crippen molar-refractivity contribution in [3.63, 3.8) is 0 Å². The van der Waals surface area contributed by atoms with E-state index in [1.54, 1.807) is 48.5 Å². The number of hydrogen-bond donors (Lipinski definition) is 2. The summed E-state index contributed by atoms with van der Waals surface area (Å²) in [5.41, 5.74) is 7.85. The first kappa shape index (κ1) is 19.5. The monoisotopic (exact) mass is 394 g/mol. The standard InChI is InChI=1S/C22H19ClN2O3/c23-18-10-8-15(9-11-18)14-28-20-7-2-1-6-19(20)22(27)25-13-16-4-3-5-17(12-16)21(24)26/h1-12H,13-14H2,(H2,24,26)(H,25,27). The zero-order valence-corrected chi connectivity index (χ0v) is 15.8. The molecule has 0 saturated heterocycles. The lowest BCUT2D eigenvalue weighted by Crippen LogP contribution is -2.23. The predicted octanol–water partition coefficient (Wildman–Crippen LogP) is 3.95. The molecule has 2 amide bonds. The quantitative estimate of drug-likeness (QED) is 0.636. The fourth-order valence-corrected chi connectivity index (χ4v) is 2.76. The van der Waals surface area contributed by atoms with Crippen LogP contribution in [-0.2, 0) is 13.2 Å². The first-order chi connectivity index (χ1) is 13.5. The van der Waals surface area contributed by atoms with Gasteiger partial charge in [-0.25, -0.2) is 0 Å². The Morgan fingerprint density at radius 2 is 1.68 bits per heavy atom. The maximum absolute atomic E-state index is 12.6. The van der Waals surface area contributed by atoms with E-state index in [-0.39, 0.29) is 12.5 Å². The number of halogens is 1. The zero-order chi connectivity index (χ0) is 19.9. The van der Waals surface area contributed by atoms with Crippen molar-refractivity contribution in [3.05, 3.63) is 100 Å². The minimum Gasteiger partial charge on any atom is -0.488 e. The molecule has 3 N–H and O–H groups in total. The normalized spacial score (nSPS) is 10.3. The summed E-state index contributed by atoms with van der Waals surface area (Å²) in [7, 11) is 0.